The zero-order valence-corrected chi connectivity index (χ0v) is 9.53. The van der Waals surface area contributed by atoms with Gasteiger partial charge in [0.25, 0.3) is 0 Å². The Morgan fingerprint density at radius 3 is 2.62 bits per heavy atom. The first kappa shape index (κ1) is 12.6. The van der Waals surface area contributed by atoms with Gasteiger partial charge in [-0.25, -0.2) is 4.39 Å². The molecule has 1 aromatic rings. The molecule has 0 aliphatic carbocycles. The van der Waals surface area contributed by atoms with Gasteiger partial charge >= 0.3 is 0 Å². The van der Waals surface area contributed by atoms with Gasteiger partial charge in [0, 0.05) is 18.0 Å². The Morgan fingerprint density at radius 2 is 2.06 bits per heavy atom. The van der Waals surface area contributed by atoms with E-state index in [0.717, 1.165) is 0 Å². The fraction of sp³-hybridized carbons (Fsp3) is 0.417. The van der Waals surface area contributed by atoms with Crippen molar-refractivity contribution in [3.05, 3.63) is 35.6 Å². The summed E-state index contributed by atoms with van der Waals surface area (Å²) in [6, 6.07) is 6.06. The van der Waals surface area contributed by atoms with Crippen molar-refractivity contribution in [2.45, 2.75) is 19.9 Å². The van der Waals surface area contributed by atoms with E-state index in [1.807, 2.05) is 0 Å². The molecule has 16 heavy (non-hydrogen) atoms. The quantitative estimate of drug-likeness (QED) is 0.816. The van der Waals surface area contributed by atoms with Crippen LogP contribution in [0.15, 0.2) is 24.3 Å². The Balaban J connectivity index is 2.69. The van der Waals surface area contributed by atoms with E-state index in [1.165, 1.54) is 6.07 Å². The lowest BCUT2D eigenvalue weighted by Gasteiger charge is -2.17. The van der Waals surface area contributed by atoms with E-state index in [9.17, 15) is 9.18 Å². The van der Waals surface area contributed by atoms with Crippen LogP contribution in [0.1, 0.15) is 25.5 Å². The standard InChI is InChI=1S/C12H17FN2O/c1-8(7-14)12(16)15-9(2)10-5-3-4-6-11(10)13/h3-6,8-9H,7,14H2,1-2H3,(H,15,16)/t8?,9-/m1/s1. The average molecular weight is 224 g/mol. The van der Waals surface area contributed by atoms with Gasteiger partial charge in [-0.3, -0.25) is 4.79 Å². The molecular formula is C12H17FN2O. The van der Waals surface area contributed by atoms with E-state index in [2.05, 4.69) is 5.32 Å². The fourth-order valence-corrected chi connectivity index (χ4v) is 1.37. The fourth-order valence-electron chi connectivity index (χ4n) is 1.37. The molecule has 88 valence electrons. The highest BCUT2D eigenvalue weighted by Crippen LogP contribution is 2.16. The summed E-state index contributed by atoms with van der Waals surface area (Å²) >= 11 is 0. The third kappa shape index (κ3) is 3.03. The van der Waals surface area contributed by atoms with Crippen LogP contribution in [0.4, 0.5) is 4.39 Å². The molecule has 0 fully saturated rings. The summed E-state index contributed by atoms with van der Waals surface area (Å²) < 4.78 is 13.4. The summed E-state index contributed by atoms with van der Waals surface area (Å²) in [4.78, 5) is 11.6. The van der Waals surface area contributed by atoms with Gasteiger partial charge in [-0.2, -0.15) is 0 Å². The normalized spacial score (nSPS) is 14.2. The molecule has 0 saturated heterocycles. The number of carbonyl (C=O) groups is 1. The lowest BCUT2D eigenvalue weighted by molar-refractivity contribution is -0.124. The van der Waals surface area contributed by atoms with Crippen LogP contribution in [0.2, 0.25) is 0 Å². The van der Waals surface area contributed by atoms with Crippen LogP contribution >= 0.6 is 0 Å². The number of halogens is 1. The van der Waals surface area contributed by atoms with Crippen molar-refractivity contribution in [2.24, 2.45) is 11.7 Å². The Morgan fingerprint density at radius 1 is 1.44 bits per heavy atom. The first-order valence-corrected chi connectivity index (χ1v) is 5.31. The second-order valence-electron chi connectivity index (χ2n) is 3.89. The minimum Gasteiger partial charge on any atom is -0.349 e. The van der Waals surface area contributed by atoms with Crippen molar-refractivity contribution in [1.29, 1.82) is 0 Å². The van der Waals surface area contributed by atoms with Crippen LogP contribution in [0.3, 0.4) is 0 Å². The van der Waals surface area contributed by atoms with Gasteiger partial charge in [-0.05, 0) is 13.0 Å². The number of hydrogen-bond acceptors (Lipinski definition) is 2. The smallest absolute Gasteiger partial charge is 0.224 e. The topological polar surface area (TPSA) is 55.1 Å². The van der Waals surface area contributed by atoms with Crippen LogP contribution in [0, 0.1) is 11.7 Å². The van der Waals surface area contributed by atoms with Gasteiger partial charge in [-0.15, -0.1) is 0 Å². The maximum atomic E-state index is 13.4. The zero-order valence-electron chi connectivity index (χ0n) is 9.53. The molecule has 0 heterocycles. The van der Waals surface area contributed by atoms with Crippen molar-refractivity contribution < 1.29 is 9.18 Å². The average Bonchev–Trinajstić information content (AvgIpc) is 2.28. The first-order valence-electron chi connectivity index (χ1n) is 5.31. The number of carbonyl (C=O) groups excluding carboxylic acids is 1. The van der Waals surface area contributed by atoms with Gasteiger partial charge < -0.3 is 11.1 Å². The van der Waals surface area contributed by atoms with Crippen molar-refractivity contribution in [3.8, 4) is 0 Å². The van der Waals surface area contributed by atoms with Crippen molar-refractivity contribution >= 4 is 5.91 Å². The number of nitrogens with two attached hydrogens (primary N) is 1. The molecule has 3 N–H and O–H groups in total. The molecule has 1 unspecified atom stereocenters. The molecule has 2 atom stereocenters. The molecular weight excluding hydrogens is 207 g/mol. The van der Waals surface area contributed by atoms with Gasteiger partial charge in [0.05, 0.1) is 6.04 Å². The molecule has 0 bridgehead atoms. The molecule has 1 aromatic carbocycles. The van der Waals surface area contributed by atoms with Crippen molar-refractivity contribution in [1.82, 2.24) is 5.32 Å². The van der Waals surface area contributed by atoms with Crippen LogP contribution in [0.25, 0.3) is 0 Å². The van der Waals surface area contributed by atoms with Crippen LogP contribution in [0.5, 0.6) is 0 Å². The van der Waals surface area contributed by atoms with Crippen LogP contribution < -0.4 is 11.1 Å². The maximum absolute atomic E-state index is 13.4. The number of amides is 1. The third-order valence-corrected chi connectivity index (χ3v) is 2.53. The minimum absolute atomic E-state index is 0.154. The molecule has 0 saturated carbocycles. The number of benzene rings is 1. The maximum Gasteiger partial charge on any atom is 0.224 e. The van der Waals surface area contributed by atoms with Gasteiger partial charge in [0.2, 0.25) is 5.91 Å². The van der Waals surface area contributed by atoms with E-state index >= 15 is 0 Å². The van der Waals surface area contributed by atoms with E-state index in [1.54, 1.807) is 32.0 Å². The second-order valence-corrected chi connectivity index (χ2v) is 3.89. The summed E-state index contributed by atoms with van der Waals surface area (Å²) in [5, 5.41) is 2.73. The summed E-state index contributed by atoms with van der Waals surface area (Å²) in [5.41, 5.74) is 5.87. The van der Waals surface area contributed by atoms with Gasteiger partial charge in [0.15, 0.2) is 0 Å². The monoisotopic (exact) mass is 224 g/mol. The molecule has 0 aliphatic heterocycles. The minimum atomic E-state index is -0.345. The molecule has 3 nitrogen and oxygen atoms in total. The van der Waals surface area contributed by atoms with Gasteiger partial charge in [0.1, 0.15) is 5.82 Å². The summed E-state index contributed by atoms with van der Waals surface area (Å²) in [7, 11) is 0. The summed E-state index contributed by atoms with van der Waals surface area (Å²) in [6.07, 6.45) is 0. The zero-order chi connectivity index (χ0) is 12.1. The molecule has 1 rings (SSSR count). The van der Waals surface area contributed by atoms with Crippen LogP contribution in [-0.2, 0) is 4.79 Å². The molecule has 0 radical (unpaired) electrons. The highest BCUT2D eigenvalue weighted by Gasteiger charge is 2.16. The Hall–Kier alpha value is -1.42. The van der Waals surface area contributed by atoms with E-state index in [0.29, 0.717) is 5.56 Å². The molecule has 0 aromatic heterocycles. The number of hydrogen-bond donors (Lipinski definition) is 2. The third-order valence-electron chi connectivity index (χ3n) is 2.53. The van der Waals surface area contributed by atoms with Crippen molar-refractivity contribution in [3.63, 3.8) is 0 Å². The predicted molar refractivity (Wildman–Crippen MR) is 61.2 cm³/mol. The largest absolute Gasteiger partial charge is 0.349 e. The van der Waals surface area contributed by atoms with E-state index in [-0.39, 0.29) is 30.2 Å². The molecule has 4 heteroatoms. The summed E-state index contributed by atoms with van der Waals surface area (Å²) in [6.45, 7) is 3.78. The Kier molecular flexibility index (Phi) is 4.43. The molecule has 0 spiro atoms. The Bertz CT molecular complexity index is 368. The lowest BCUT2D eigenvalue weighted by atomic mass is 10.1. The first-order chi connectivity index (χ1) is 7.56. The molecule has 1 amide bonds. The highest BCUT2D eigenvalue weighted by molar-refractivity contribution is 5.78. The number of nitrogens with one attached hydrogen (secondary N) is 1. The lowest BCUT2D eigenvalue weighted by Crippen LogP contribution is -2.35. The van der Waals surface area contributed by atoms with E-state index in [4.69, 9.17) is 5.73 Å². The molecule has 0 aliphatic rings. The predicted octanol–water partition coefficient (Wildman–Crippen LogP) is 1.60. The second kappa shape index (κ2) is 5.61. The van der Waals surface area contributed by atoms with E-state index < -0.39 is 0 Å². The highest BCUT2D eigenvalue weighted by atomic mass is 19.1. The van der Waals surface area contributed by atoms with Gasteiger partial charge in [-0.1, -0.05) is 25.1 Å². The summed E-state index contributed by atoms with van der Waals surface area (Å²) in [5.74, 6) is -0.719. The van der Waals surface area contributed by atoms with Crippen LogP contribution in [-0.4, -0.2) is 12.5 Å². The van der Waals surface area contributed by atoms with Crippen molar-refractivity contribution in [2.75, 3.05) is 6.54 Å². The Labute approximate surface area is 94.8 Å². The number of rotatable bonds is 4. The SMILES string of the molecule is CC(CN)C(=O)N[C@H](C)c1ccccc1F.